The zero-order valence-corrected chi connectivity index (χ0v) is 16.9. The smallest absolute Gasteiger partial charge is 0.286 e. The molecule has 1 aliphatic carbocycles. The Morgan fingerprint density at radius 3 is 2.59 bits per heavy atom. The van der Waals surface area contributed by atoms with Crippen molar-refractivity contribution in [2.24, 2.45) is 10.3 Å². The van der Waals surface area contributed by atoms with Gasteiger partial charge in [-0.05, 0) is 55.2 Å². The summed E-state index contributed by atoms with van der Waals surface area (Å²) in [6.45, 7) is 2.33. The van der Waals surface area contributed by atoms with Crippen molar-refractivity contribution in [3.8, 4) is 0 Å². The summed E-state index contributed by atoms with van der Waals surface area (Å²) in [6.07, 6.45) is 2.97. The van der Waals surface area contributed by atoms with Crippen LogP contribution in [0.1, 0.15) is 38.2 Å². The van der Waals surface area contributed by atoms with Gasteiger partial charge in [0.2, 0.25) is 5.91 Å². The number of carbonyl (C=O) groups excluding carboxylic acids is 1. The summed E-state index contributed by atoms with van der Waals surface area (Å²) < 4.78 is 42.9. The third-order valence-electron chi connectivity index (χ3n) is 5.01. The second-order valence-corrected chi connectivity index (χ2v) is 8.96. The molecule has 2 aromatic rings. The average Bonchev–Trinajstić information content (AvgIpc) is 3.52. The van der Waals surface area contributed by atoms with Crippen LogP contribution in [0, 0.1) is 11.7 Å². The second kappa shape index (κ2) is 7.59. The Balaban J connectivity index is 1.71. The lowest BCUT2D eigenvalue weighted by Gasteiger charge is -2.31. The molecule has 0 radical (unpaired) electrons. The van der Waals surface area contributed by atoms with Crippen LogP contribution < -0.4 is 10.2 Å². The Morgan fingerprint density at radius 1 is 1.21 bits per heavy atom. The molecule has 1 fully saturated rings. The molecule has 0 unspecified atom stereocenters. The van der Waals surface area contributed by atoms with Gasteiger partial charge in [-0.3, -0.25) is 4.79 Å². The summed E-state index contributed by atoms with van der Waals surface area (Å²) in [7, 11) is -3.87. The molecule has 8 heteroatoms. The number of benzene rings is 2. The van der Waals surface area contributed by atoms with Gasteiger partial charge in [0.1, 0.15) is 16.5 Å². The van der Waals surface area contributed by atoms with Gasteiger partial charge in [-0.1, -0.05) is 19.1 Å². The van der Waals surface area contributed by atoms with Crippen LogP contribution in [0.15, 0.2) is 51.8 Å². The van der Waals surface area contributed by atoms with Crippen LogP contribution in [0.25, 0.3) is 0 Å². The molecule has 4 rings (SSSR count). The van der Waals surface area contributed by atoms with Crippen molar-refractivity contribution < 1.29 is 17.6 Å². The van der Waals surface area contributed by atoms with Crippen molar-refractivity contribution in [3.05, 3.63) is 53.8 Å². The number of fused-ring (bicyclic) bond motifs is 1. The molecule has 0 aromatic heterocycles. The standard InChI is InChI=1S/C21H22FN3O3S/c1-2-3-20-24-29(27,28)19-12-17(23-21(26)15-6-7-15)10-11-18(19)25(20)13-14-4-8-16(22)9-5-14/h4-5,8-12,15H,2-3,6-7,13H2,1H3,(H,23,26). The summed E-state index contributed by atoms with van der Waals surface area (Å²) in [4.78, 5) is 14.0. The number of amides is 1. The first kappa shape index (κ1) is 19.6. The van der Waals surface area contributed by atoms with Crippen molar-refractivity contribution in [1.29, 1.82) is 0 Å². The lowest BCUT2D eigenvalue weighted by atomic mass is 10.1. The van der Waals surface area contributed by atoms with Crippen LogP contribution in [0.2, 0.25) is 0 Å². The van der Waals surface area contributed by atoms with E-state index < -0.39 is 10.0 Å². The van der Waals surface area contributed by atoms with Gasteiger partial charge in [0.15, 0.2) is 0 Å². The highest BCUT2D eigenvalue weighted by molar-refractivity contribution is 7.90. The average molecular weight is 415 g/mol. The van der Waals surface area contributed by atoms with Crippen molar-refractivity contribution >= 4 is 33.1 Å². The number of nitrogens with one attached hydrogen (secondary N) is 1. The van der Waals surface area contributed by atoms with Crippen molar-refractivity contribution in [3.63, 3.8) is 0 Å². The van der Waals surface area contributed by atoms with Crippen LogP contribution in [0.4, 0.5) is 15.8 Å². The van der Waals surface area contributed by atoms with Crippen LogP contribution in [0.5, 0.6) is 0 Å². The Bertz CT molecular complexity index is 1080. The first-order valence-corrected chi connectivity index (χ1v) is 11.1. The summed E-state index contributed by atoms with van der Waals surface area (Å²) in [5, 5.41) is 2.79. The van der Waals surface area contributed by atoms with Gasteiger partial charge in [-0.15, -0.1) is 4.40 Å². The third-order valence-corrected chi connectivity index (χ3v) is 6.34. The van der Waals surface area contributed by atoms with E-state index in [0.29, 0.717) is 30.2 Å². The zero-order valence-electron chi connectivity index (χ0n) is 16.1. The molecule has 0 atom stereocenters. The molecule has 6 nitrogen and oxygen atoms in total. The summed E-state index contributed by atoms with van der Waals surface area (Å²) >= 11 is 0. The molecule has 1 aliphatic heterocycles. The molecule has 2 aliphatic rings. The highest BCUT2D eigenvalue weighted by atomic mass is 32.2. The van der Waals surface area contributed by atoms with E-state index in [1.807, 2.05) is 11.8 Å². The summed E-state index contributed by atoms with van der Waals surface area (Å²) in [5.74, 6) is 0.0660. The van der Waals surface area contributed by atoms with Crippen molar-refractivity contribution in [2.75, 3.05) is 10.2 Å². The van der Waals surface area contributed by atoms with Gasteiger partial charge in [-0.2, -0.15) is 8.42 Å². The molecule has 1 heterocycles. The van der Waals surface area contributed by atoms with Gasteiger partial charge in [0.25, 0.3) is 10.0 Å². The molecule has 0 spiro atoms. The number of nitrogens with zero attached hydrogens (tertiary/aromatic N) is 2. The van der Waals surface area contributed by atoms with E-state index in [1.165, 1.54) is 18.2 Å². The number of hydrogen-bond acceptors (Lipinski definition) is 4. The van der Waals surface area contributed by atoms with E-state index in [2.05, 4.69) is 9.71 Å². The van der Waals surface area contributed by atoms with Crippen LogP contribution in [0.3, 0.4) is 0 Å². The maximum absolute atomic E-state index is 13.3. The van der Waals surface area contributed by atoms with Crippen molar-refractivity contribution in [1.82, 2.24) is 0 Å². The molecule has 1 N–H and O–H groups in total. The molecule has 1 amide bonds. The van der Waals surface area contributed by atoms with Crippen molar-refractivity contribution in [2.45, 2.75) is 44.0 Å². The Labute approximate surface area is 169 Å². The molecule has 29 heavy (non-hydrogen) atoms. The molecule has 2 aromatic carbocycles. The predicted molar refractivity (Wildman–Crippen MR) is 110 cm³/mol. The van der Waals surface area contributed by atoms with Crippen LogP contribution in [-0.2, 0) is 21.4 Å². The molecule has 152 valence electrons. The lowest BCUT2D eigenvalue weighted by Crippen LogP contribution is -2.35. The zero-order chi connectivity index (χ0) is 20.6. The van der Waals surface area contributed by atoms with Gasteiger partial charge >= 0.3 is 0 Å². The minimum Gasteiger partial charge on any atom is -0.326 e. The molecular formula is C21H22FN3O3S. The van der Waals surface area contributed by atoms with Gasteiger partial charge in [0, 0.05) is 24.6 Å². The number of rotatable bonds is 6. The molecule has 0 bridgehead atoms. The van der Waals surface area contributed by atoms with Crippen LogP contribution in [-0.4, -0.2) is 20.2 Å². The van der Waals surface area contributed by atoms with E-state index in [4.69, 9.17) is 0 Å². The van der Waals surface area contributed by atoms with E-state index >= 15 is 0 Å². The fourth-order valence-electron chi connectivity index (χ4n) is 3.34. The minimum atomic E-state index is -3.87. The number of carbonyl (C=O) groups is 1. The first-order chi connectivity index (χ1) is 13.9. The summed E-state index contributed by atoms with van der Waals surface area (Å²) in [5.41, 5.74) is 1.80. The highest BCUT2D eigenvalue weighted by Gasteiger charge is 2.32. The fraction of sp³-hybridized carbons (Fsp3) is 0.333. The topological polar surface area (TPSA) is 78.8 Å². The number of amidine groups is 1. The van der Waals surface area contributed by atoms with Gasteiger partial charge in [-0.25, -0.2) is 4.39 Å². The first-order valence-electron chi connectivity index (χ1n) is 9.68. The SMILES string of the molecule is CCCC1=NS(=O)(=O)c2cc(NC(=O)C3CC3)ccc2N1Cc1ccc(F)cc1. The largest absolute Gasteiger partial charge is 0.326 e. The highest BCUT2D eigenvalue weighted by Crippen LogP contribution is 2.36. The predicted octanol–water partition coefficient (Wildman–Crippen LogP) is 4.08. The quantitative estimate of drug-likeness (QED) is 0.771. The Kier molecular flexibility index (Phi) is 5.12. The number of hydrogen-bond donors (Lipinski definition) is 1. The Hall–Kier alpha value is -2.74. The van der Waals surface area contributed by atoms with E-state index in [9.17, 15) is 17.6 Å². The normalized spacial score (nSPS) is 17.4. The van der Waals surface area contributed by atoms with E-state index in [-0.39, 0.29) is 22.5 Å². The Morgan fingerprint density at radius 2 is 1.93 bits per heavy atom. The second-order valence-electron chi connectivity index (χ2n) is 7.39. The monoisotopic (exact) mass is 415 g/mol. The molecule has 1 saturated carbocycles. The fourth-order valence-corrected chi connectivity index (χ4v) is 4.62. The minimum absolute atomic E-state index is 0.0202. The summed E-state index contributed by atoms with van der Waals surface area (Å²) in [6, 6.07) is 11.0. The van der Waals surface area contributed by atoms with E-state index in [0.717, 1.165) is 24.8 Å². The third kappa shape index (κ3) is 4.17. The van der Waals surface area contributed by atoms with E-state index in [1.54, 1.807) is 24.3 Å². The maximum Gasteiger partial charge on any atom is 0.286 e. The number of halogens is 1. The van der Waals surface area contributed by atoms with Gasteiger partial charge in [0.05, 0.1) is 5.69 Å². The molecular weight excluding hydrogens is 393 g/mol. The molecule has 0 saturated heterocycles. The number of anilines is 2. The maximum atomic E-state index is 13.3. The van der Waals surface area contributed by atoms with Crippen LogP contribution >= 0.6 is 0 Å². The lowest BCUT2D eigenvalue weighted by molar-refractivity contribution is -0.117. The van der Waals surface area contributed by atoms with Gasteiger partial charge < -0.3 is 10.2 Å². The number of sulfonamides is 1.